The van der Waals surface area contributed by atoms with Crippen LogP contribution in [0.15, 0.2) is 18.3 Å². The Morgan fingerprint density at radius 3 is 2.45 bits per heavy atom. The maximum atomic E-state index is 5.44. The first kappa shape index (κ1) is 21.4. The topological polar surface area (TPSA) is 51.5 Å². The monoisotopic (exact) mass is 414 g/mol. The molecule has 6 heteroatoms. The number of nitrogens with one attached hydrogen (secondary N) is 1. The SMILES string of the molecule is CCC(CC)Nc1c2c(nc3c(-c4c(C)cc(OC)cc4C)cnn13)CCC2.Cl. The van der Waals surface area contributed by atoms with Gasteiger partial charge < -0.3 is 10.1 Å². The van der Waals surface area contributed by atoms with E-state index in [1.54, 1.807) is 7.11 Å². The maximum absolute atomic E-state index is 5.44. The van der Waals surface area contributed by atoms with Gasteiger partial charge in [-0.15, -0.1) is 12.4 Å². The van der Waals surface area contributed by atoms with E-state index >= 15 is 0 Å². The van der Waals surface area contributed by atoms with Gasteiger partial charge in [-0.1, -0.05) is 13.8 Å². The molecule has 0 spiro atoms. The molecule has 0 aliphatic heterocycles. The van der Waals surface area contributed by atoms with E-state index in [9.17, 15) is 0 Å². The molecule has 1 aromatic carbocycles. The van der Waals surface area contributed by atoms with Crippen molar-refractivity contribution in [3.05, 3.63) is 40.7 Å². The number of fused-ring (bicyclic) bond motifs is 2. The normalized spacial score (nSPS) is 12.9. The van der Waals surface area contributed by atoms with E-state index in [-0.39, 0.29) is 12.4 Å². The first-order valence-corrected chi connectivity index (χ1v) is 10.4. The fraction of sp³-hybridized carbons (Fsp3) is 0.478. The van der Waals surface area contributed by atoms with Crippen LogP contribution >= 0.6 is 12.4 Å². The minimum absolute atomic E-state index is 0. The van der Waals surface area contributed by atoms with Crippen LogP contribution in [0.4, 0.5) is 5.82 Å². The zero-order valence-electron chi connectivity index (χ0n) is 18.0. The first-order valence-electron chi connectivity index (χ1n) is 10.4. The van der Waals surface area contributed by atoms with E-state index in [1.165, 1.54) is 34.4 Å². The number of methoxy groups -OCH3 is 1. The van der Waals surface area contributed by atoms with Gasteiger partial charge in [-0.3, -0.25) is 0 Å². The Hall–Kier alpha value is -2.27. The van der Waals surface area contributed by atoms with Gasteiger partial charge in [0.05, 0.1) is 13.3 Å². The minimum Gasteiger partial charge on any atom is -0.497 e. The van der Waals surface area contributed by atoms with Crippen molar-refractivity contribution >= 4 is 23.9 Å². The summed E-state index contributed by atoms with van der Waals surface area (Å²) in [6.07, 6.45) is 7.46. The van der Waals surface area contributed by atoms with Crippen molar-refractivity contribution in [2.45, 2.75) is 65.8 Å². The average molecular weight is 415 g/mol. The quantitative estimate of drug-likeness (QED) is 0.575. The molecule has 0 amide bonds. The second-order valence-electron chi connectivity index (χ2n) is 7.83. The summed E-state index contributed by atoms with van der Waals surface area (Å²) in [5.41, 5.74) is 8.19. The lowest BCUT2D eigenvalue weighted by molar-refractivity contribution is 0.414. The van der Waals surface area contributed by atoms with Crippen LogP contribution in [-0.4, -0.2) is 27.7 Å². The van der Waals surface area contributed by atoms with Crippen molar-refractivity contribution in [2.24, 2.45) is 0 Å². The van der Waals surface area contributed by atoms with Gasteiger partial charge in [0.15, 0.2) is 5.65 Å². The zero-order chi connectivity index (χ0) is 19.8. The largest absolute Gasteiger partial charge is 0.497 e. The highest BCUT2D eigenvalue weighted by atomic mass is 35.5. The Bertz CT molecular complexity index is 1000. The molecule has 0 radical (unpaired) electrons. The maximum Gasteiger partial charge on any atom is 0.165 e. The molecule has 1 aliphatic rings. The van der Waals surface area contributed by atoms with E-state index in [0.29, 0.717) is 6.04 Å². The fourth-order valence-electron chi connectivity index (χ4n) is 4.45. The molecule has 29 heavy (non-hydrogen) atoms. The summed E-state index contributed by atoms with van der Waals surface area (Å²) in [5, 5.41) is 8.55. The van der Waals surface area contributed by atoms with Gasteiger partial charge in [-0.2, -0.15) is 9.61 Å². The molecule has 3 aromatic rings. The van der Waals surface area contributed by atoms with Crippen LogP contribution in [0.3, 0.4) is 0 Å². The summed E-state index contributed by atoms with van der Waals surface area (Å²) >= 11 is 0. The lowest BCUT2D eigenvalue weighted by Crippen LogP contribution is -2.21. The molecular weight excluding hydrogens is 384 g/mol. The molecule has 5 nitrogen and oxygen atoms in total. The minimum atomic E-state index is 0. The lowest BCUT2D eigenvalue weighted by Gasteiger charge is -2.20. The van der Waals surface area contributed by atoms with Gasteiger partial charge in [-0.05, 0) is 74.8 Å². The van der Waals surface area contributed by atoms with Crippen LogP contribution in [0.2, 0.25) is 0 Å². The van der Waals surface area contributed by atoms with Crippen molar-refractivity contribution in [3.63, 3.8) is 0 Å². The van der Waals surface area contributed by atoms with Gasteiger partial charge in [-0.25, -0.2) is 4.98 Å². The molecule has 4 rings (SSSR count). The van der Waals surface area contributed by atoms with Gasteiger partial charge in [0.2, 0.25) is 0 Å². The molecule has 0 atom stereocenters. The van der Waals surface area contributed by atoms with E-state index in [4.69, 9.17) is 14.8 Å². The number of rotatable bonds is 6. The van der Waals surface area contributed by atoms with Gasteiger partial charge >= 0.3 is 0 Å². The summed E-state index contributed by atoms with van der Waals surface area (Å²) in [4.78, 5) is 5.07. The summed E-state index contributed by atoms with van der Waals surface area (Å²) in [5.74, 6) is 2.03. The number of anilines is 1. The molecule has 0 unspecified atom stereocenters. The van der Waals surface area contributed by atoms with Crippen LogP contribution in [0.1, 0.15) is 55.5 Å². The Morgan fingerprint density at radius 1 is 1.14 bits per heavy atom. The van der Waals surface area contributed by atoms with Crippen molar-refractivity contribution in [1.82, 2.24) is 14.6 Å². The molecule has 156 valence electrons. The Balaban J connectivity index is 0.00000240. The van der Waals surface area contributed by atoms with Crippen molar-refractivity contribution < 1.29 is 4.74 Å². The highest BCUT2D eigenvalue weighted by Crippen LogP contribution is 2.36. The number of benzene rings is 1. The smallest absolute Gasteiger partial charge is 0.165 e. The third kappa shape index (κ3) is 3.68. The lowest BCUT2D eigenvalue weighted by atomic mass is 9.97. The third-order valence-electron chi connectivity index (χ3n) is 6.01. The van der Waals surface area contributed by atoms with Crippen LogP contribution < -0.4 is 10.1 Å². The molecule has 1 N–H and O–H groups in total. The molecule has 0 bridgehead atoms. The van der Waals surface area contributed by atoms with E-state index < -0.39 is 0 Å². The number of hydrogen-bond acceptors (Lipinski definition) is 4. The van der Waals surface area contributed by atoms with Crippen LogP contribution in [-0.2, 0) is 12.8 Å². The van der Waals surface area contributed by atoms with Crippen molar-refractivity contribution in [1.29, 1.82) is 0 Å². The number of hydrogen-bond donors (Lipinski definition) is 1. The second-order valence-corrected chi connectivity index (χ2v) is 7.83. The Morgan fingerprint density at radius 2 is 1.83 bits per heavy atom. The molecule has 2 aromatic heterocycles. The van der Waals surface area contributed by atoms with Crippen LogP contribution in [0.5, 0.6) is 5.75 Å². The average Bonchev–Trinajstić information content (AvgIpc) is 3.32. The number of ether oxygens (including phenoxy) is 1. The summed E-state index contributed by atoms with van der Waals surface area (Å²) in [6, 6.07) is 4.62. The van der Waals surface area contributed by atoms with Crippen molar-refractivity contribution in [3.8, 4) is 16.9 Å². The number of aryl methyl sites for hydroxylation is 3. The molecule has 0 saturated carbocycles. The Kier molecular flexibility index (Phi) is 6.37. The van der Waals surface area contributed by atoms with Gasteiger partial charge in [0, 0.05) is 22.9 Å². The van der Waals surface area contributed by atoms with Gasteiger partial charge in [0.25, 0.3) is 0 Å². The molecular formula is C23H31ClN4O. The summed E-state index contributed by atoms with van der Waals surface area (Å²) < 4.78 is 7.47. The van der Waals surface area contributed by atoms with E-state index in [0.717, 1.165) is 48.5 Å². The summed E-state index contributed by atoms with van der Waals surface area (Å²) in [7, 11) is 1.71. The molecule has 0 fully saturated rings. The number of nitrogens with zero attached hydrogens (tertiary/aromatic N) is 3. The van der Waals surface area contributed by atoms with Crippen LogP contribution in [0, 0.1) is 13.8 Å². The summed E-state index contributed by atoms with van der Waals surface area (Å²) in [6.45, 7) is 8.73. The molecule has 2 heterocycles. The second kappa shape index (κ2) is 8.62. The standard InChI is InChI=1S/C23H30N4O.ClH/c1-6-16(7-2)25-22-18-9-8-10-20(18)26-23-19(13-24-27(22)23)21-14(3)11-17(28-5)12-15(21)4;/h11-13,16,25H,6-10H2,1-5H3;1H. The Labute approximate surface area is 179 Å². The van der Waals surface area contributed by atoms with Crippen molar-refractivity contribution in [2.75, 3.05) is 12.4 Å². The van der Waals surface area contributed by atoms with Gasteiger partial charge in [0.1, 0.15) is 11.6 Å². The molecule has 0 saturated heterocycles. The van der Waals surface area contributed by atoms with E-state index in [1.807, 2.05) is 10.7 Å². The fourth-order valence-corrected chi connectivity index (χ4v) is 4.45. The number of aromatic nitrogens is 3. The third-order valence-corrected chi connectivity index (χ3v) is 6.01. The molecule has 1 aliphatic carbocycles. The van der Waals surface area contributed by atoms with E-state index in [2.05, 4.69) is 45.1 Å². The number of halogens is 1. The highest BCUT2D eigenvalue weighted by molar-refractivity contribution is 5.85. The highest BCUT2D eigenvalue weighted by Gasteiger charge is 2.24. The predicted molar refractivity (Wildman–Crippen MR) is 122 cm³/mol. The van der Waals surface area contributed by atoms with Crippen LogP contribution in [0.25, 0.3) is 16.8 Å². The zero-order valence-corrected chi connectivity index (χ0v) is 18.8. The predicted octanol–water partition coefficient (Wildman–Crippen LogP) is 5.53. The first-order chi connectivity index (χ1) is 13.6.